The van der Waals surface area contributed by atoms with Crippen molar-refractivity contribution in [3.8, 4) is 5.75 Å². The van der Waals surface area contributed by atoms with Crippen LogP contribution in [0.25, 0.3) is 0 Å². The Hall–Kier alpha value is -1.32. The molecule has 0 aliphatic carbocycles. The highest BCUT2D eigenvalue weighted by molar-refractivity contribution is 7.07. The van der Waals surface area contributed by atoms with E-state index in [1.54, 1.807) is 11.3 Å². The highest BCUT2D eigenvalue weighted by atomic mass is 32.1. The first-order valence-electron chi connectivity index (χ1n) is 7.74. The Labute approximate surface area is 132 Å². The fraction of sp³-hybridized carbons (Fsp3) is 0.444. The first-order valence-corrected chi connectivity index (χ1v) is 8.69. The van der Waals surface area contributed by atoms with E-state index in [1.807, 2.05) is 7.05 Å². The molecular formula is C18H25NOS. The lowest BCUT2D eigenvalue weighted by molar-refractivity contribution is 0.309. The van der Waals surface area contributed by atoms with E-state index in [0.29, 0.717) is 6.04 Å². The van der Waals surface area contributed by atoms with Gasteiger partial charge < -0.3 is 10.1 Å². The van der Waals surface area contributed by atoms with Crippen LogP contribution in [-0.4, -0.2) is 13.7 Å². The maximum atomic E-state index is 5.71. The van der Waals surface area contributed by atoms with Crippen molar-refractivity contribution in [2.24, 2.45) is 0 Å². The molecule has 1 aromatic heterocycles. The molecule has 3 heteroatoms. The topological polar surface area (TPSA) is 21.3 Å². The average Bonchev–Trinajstić information content (AvgIpc) is 3.03. The summed E-state index contributed by atoms with van der Waals surface area (Å²) in [5, 5.41) is 7.79. The lowest BCUT2D eigenvalue weighted by Gasteiger charge is -2.17. The van der Waals surface area contributed by atoms with E-state index < -0.39 is 0 Å². The van der Waals surface area contributed by atoms with E-state index in [0.717, 1.165) is 31.6 Å². The van der Waals surface area contributed by atoms with Crippen LogP contribution in [-0.2, 0) is 6.42 Å². The minimum Gasteiger partial charge on any atom is -0.494 e. The molecule has 0 amide bonds. The number of rotatable bonds is 9. The summed E-state index contributed by atoms with van der Waals surface area (Å²) in [6.07, 6.45) is 4.51. The van der Waals surface area contributed by atoms with Crippen LogP contribution < -0.4 is 10.1 Å². The van der Waals surface area contributed by atoms with Gasteiger partial charge in [0.1, 0.15) is 5.75 Å². The summed E-state index contributed by atoms with van der Waals surface area (Å²) in [6, 6.07) is 11.1. The molecule has 1 N–H and O–H groups in total. The molecule has 0 bridgehead atoms. The summed E-state index contributed by atoms with van der Waals surface area (Å²) in [6.45, 7) is 2.99. The first-order chi connectivity index (χ1) is 10.3. The smallest absolute Gasteiger partial charge is 0.119 e. The molecule has 0 radical (unpaired) electrons. The van der Waals surface area contributed by atoms with Crippen LogP contribution in [0.2, 0.25) is 0 Å². The summed E-state index contributed by atoms with van der Waals surface area (Å²) in [5.74, 6) is 0.972. The lowest BCUT2D eigenvalue weighted by atomic mass is 10.0. The molecule has 0 saturated carbocycles. The van der Waals surface area contributed by atoms with Gasteiger partial charge in [0.15, 0.2) is 0 Å². The Balaban J connectivity index is 1.88. The molecule has 2 nitrogen and oxygen atoms in total. The molecule has 1 heterocycles. The van der Waals surface area contributed by atoms with Crippen molar-refractivity contribution in [2.45, 2.75) is 38.6 Å². The van der Waals surface area contributed by atoms with Crippen molar-refractivity contribution in [1.29, 1.82) is 0 Å². The second-order valence-corrected chi connectivity index (χ2v) is 6.06. The minimum atomic E-state index is 0.398. The highest BCUT2D eigenvalue weighted by Crippen LogP contribution is 2.22. The number of thiophene rings is 1. The van der Waals surface area contributed by atoms with E-state index in [1.165, 1.54) is 17.5 Å². The van der Waals surface area contributed by atoms with Gasteiger partial charge >= 0.3 is 0 Å². The van der Waals surface area contributed by atoms with Crippen LogP contribution in [0.4, 0.5) is 0 Å². The third kappa shape index (κ3) is 5.18. The van der Waals surface area contributed by atoms with Gasteiger partial charge in [-0.1, -0.05) is 25.5 Å². The molecular weight excluding hydrogens is 278 g/mol. The molecule has 1 atom stereocenters. The van der Waals surface area contributed by atoms with Crippen LogP contribution in [0, 0.1) is 0 Å². The molecule has 0 aliphatic heterocycles. The van der Waals surface area contributed by atoms with E-state index in [-0.39, 0.29) is 0 Å². The fourth-order valence-corrected chi connectivity index (χ4v) is 3.06. The predicted octanol–water partition coefficient (Wildman–Crippen LogP) is 4.82. The third-order valence-electron chi connectivity index (χ3n) is 3.70. The van der Waals surface area contributed by atoms with Gasteiger partial charge in [-0.3, -0.25) is 0 Å². The van der Waals surface area contributed by atoms with E-state index in [2.05, 4.69) is 53.3 Å². The van der Waals surface area contributed by atoms with Crippen LogP contribution >= 0.6 is 11.3 Å². The largest absolute Gasteiger partial charge is 0.494 e. The lowest BCUT2D eigenvalue weighted by Crippen LogP contribution is -2.17. The van der Waals surface area contributed by atoms with E-state index >= 15 is 0 Å². The zero-order chi connectivity index (χ0) is 14.9. The Bertz CT molecular complexity index is 492. The number of nitrogens with one attached hydrogen (secondary N) is 1. The van der Waals surface area contributed by atoms with Gasteiger partial charge in [-0.25, -0.2) is 0 Å². The summed E-state index contributed by atoms with van der Waals surface area (Å²) < 4.78 is 5.71. The van der Waals surface area contributed by atoms with E-state index in [9.17, 15) is 0 Å². The van der Waals surface area contributed by atoms with Gasteiger partial charge in [0.2, 0.25) is 0 Å². The molecule has 2 rings (SSSR count). The van der Waals surface area contributed by atoms with Crippen LogP contribution in [0.15, 0.2) is 41.1 Å². The first kappa shape index (κ1) is 16.1. The molecule has 114 valence electrons. The Kier molecular flexibility index (Phi) is 6.77. The Morgan fingerprint density at radius 1 is 1.19 bits per heavy atom. The van der Waals surface area contributed by atoms with E-state index in [4.69, 9.17) is 4.74 Å². The normalized spacial score (nSPS) is 12.3. The number of hydrogen-bond donors (Lipinski definition) is 1. The van der Waals surface area contributed by atoms with Gasteiger partial charge in [-0.15, -0.1) is 0 Å². The molecule has 0 aliphatic rings. The second kappa shape index (κ2) is 8.85. The summed E-state index contributed by atoms with van der Waals surface area (Å²) in [7, 11) is 2.03. The standard InChI is InChI=1S/C18H25NOS/c1-3-4-12-20-17-8-6-16(7-9-17)18(19-2)10-5-15-11-13-21-14-15/h6-9,11,13-14,18-19H,3-5,10,12H2,1-2H3. The van der Waals surface area contributed by atoms with Crippen LogP contribution in [0.3, 0.4) is 0 Å². The molecule has 1 unspecified atom stereocenters. The van der Waals surface area contributed by atoms with Gasteiger partial charge in [0, 0.05) is 6.04 Å². The SMILES string of the molecule is CCCCOc1ccc(C(CCc2ccsc2)NC)cc1. The van der Waals surface area contributed by atoms with Crippen molar-refractivity contribution in [3.05, 3.63) is 52.2 Å². The van der Waals surface area contributed by atoms with Gasteiger partial charge in [0.25, 0.3) is 0 Å². The number of ether oxygens (including phenoxy) is 1. The Morgan fingerprint density at radius 2 is 2.00 bits per heavy atom. The average molecular weight is 303 g/mol. The zero-order valence-electron chi connectivity index (χ0n) is 13.0. The zero-order valence-corrected chi connectivity index (χ0v) is 13.8. The molecule has 2 aromatic rings. The molecule has 21 heavy (non-hydrogen) atoms. The monoisotopic (exact) mass is 303 g/mol. The van der Waals surface area contributed by atoms with Crippen molar-refractivity contribution >= 4 is 11.3 Å². The maximum Gasteiger partial charge on any atom is 0.119 e. The molecule has 0 saturated heterocycles. The number of benzene rings is 1. The summed E-state index contributed by atoms with van der Waals surface area (Å²) >= 11 is 1.77. The quantitative estimate of drug-likeness (QED) is 0.671. The van der Waals surface area contributed by atoms with Crippen molar-refractivity contribution in [2.75, 3.05) is 13.7 Å². The maximum absolute atomic E-state index is 5.71. The fourth-order valence-electron chi connectivity index (χ4n) is 2.35. The van der Waals surface area contributed by atoms with Gasteiger partial charge in [-0.05, 0) is 66.4 Å². The molecule has 0 spiro atoms. The summed E-state index contributed by atoms with van der Waals surface area (Å²) in [5.41, 5.74) is 2.76. The van der Waals surface area contributed by atoms with Crippen molar-refractivity contribution in [1.82, 2.24) is 5.32 Å². The van der Waals surface area contributed by atoms with Crippen molar-refractivity contribution in [3.63, 3.8) is 0 Å². The number of aryl methyl sites for hydroxylation is 1. The van der Waals surface area contributed by atoms with Gasteiger partial charge in [0.05, 0.1) is 6.61 Å². The van der Waals surface area contributed by atoms with Crippen LogP contribution in [0.5, 0.6) is 5.75 Å². The second-order valence-electron chi connectivity index (χ2n) is 5.28. The highest BCUT2D eigenvalue weighted by Gasteiger charge is 2.09. The molecule has 0 fully saturated rings. The number of unbranched alkanes of at least 4 members (excludes halogenated alkanes) is 1. The number of hydrogen-bond acceptors (Lipinski definition) is 3. The Morgan fingerprint density at radius 3 is 2.62 bits per heavy atom. The van der Waals surface area contributed by atoms with Crippen LogP contribution in [0.1, 0.15) is 43.4 Å². The molecule has 1 aromatic carbocycles. The predicted molar refractivity (Wildman–Crippen MR) is 91.3 cm³/mol. The van der Waals surface area contributed by atoms with Crippen molar-refractivity contribution < 1.29 is 4.74 Å². The summed E-state index contributed by atoms with van der Waals surface area (Å²) in [4.78, 5) is 0. The minimum absolute atomic E-state index is 0.398. The van der Waals surface area contributed by atoms with Gasteiger partial charge in [-0.2, -0.15) is 11.3 Å². The third-order valence-corrected chi connectivity index (χ3v) is 4.43.